The van der Waals surface area contributed by atoms with Crippen molar-refractivity contribution < 1.29 is 36.6 Å². The van der Waals surface area contributed by atoms with Gasteiger partial charge in [-0.05, 0) is 74.4 Å². The van der Waals surface area contributed by atoms with Crippen LogP contribution in [0, 0.1) is 6.92 Å². The molecule has 6 aromatic rings. The molecule has 0 saturated carbocycles. The van der Waals surface area contributed by atoms with E-state index in [-0.39, 0.29) is 47.7 Å². The molecule has 2 aromatic heterocycles. The molecule has 2 heterocycles. The average Bonchev–Trinajstić information content (AvgIpc) is 3.23. The summed E-state index contributed by atoms with van der Waals surface area (Å²) >= 11 is 0. The van der Waals surface area contributed by atoms with Crippen LogP contribution in [0.4, 0.5) is 23.0 Å². The van der Waals surface area contributed by atoms with E-state index < -0.39 is 35.1 Å². The maximum Gasteiger partial charge on any atom is 0.278 e. The van der Waals surface area contributed by atoms with E-state index in [0.717, 1.165) is 22.9 Å². The molecule has 4 aromatic carbocycles. The summed E-state index contributed by atoms with van der Waals surface area (Å²) in [6.45, 7) is 3.96. The average molecular weight is 864 g/mol. The molecule has 0 radical (unpaired) electrons. The van der Waals surface area contributed by atoms with Gasteiger partial charge in [0.1, 0.15) is 5.75 Å². The van der Waals surface area contributed by atoms with Crippen molar-refractivity contribution >= 4 is 58.1 Å². The number of anilines is 4. The van der Waals surface area contributed by atoms with Crippen molar-refractivity contribution in [1.82, 2.24) is 24.7 Å². The highest BCUT2D eigenvalue weighted by Crippen LogP contribution is 2.47. The topological polar surface area (TPSA) is 261 Å². The number of nitrogens with two attached hydrogens (primary N) is 2. The zero-order valence-electron chi connectivity index (χ0n) is 33.3. The van der Waals surface area contributed by atoms with Crippen LogP contribution >= 0.6 is 7.37 Å². The molecular weight excluding hydrogens is 822 g/mol. The summed E-state index contributed by atoms with van der Waals surface area (Å²) in [6.07, 6.45) is 4.27. The molecule has 0 aliphatic heterocycles. The van der Waals surface area contributed by atoms with Gasteiger partial charge in [0.05, 0.1) is 36.6 Å². The van der Waals surface area contributed by atoms with E-state index >= 15 is 0 Å². The Morgan fingerprint density at radius 2 is 1.20 bits per heavy atom. The number of aromatic nitrogens is 4. The van der Waals surface area contributed by atoms with Crippen LogP contribution in [-0.4, -0.2) is 71.4 Å². The largest absolute Gasteiger partial charge is 0.484 e. The highest BCUT2D eigenvalue weighted by molar-refractivity contribution is 7.89. The van der Waals surface area contributed by atoms with E-state index in [1.54, 1.807) is 43.3 Å². The minimum absolute atomic E-state index is 0.00365. The molecule has 314 valence electrons. The summed E-state index contributed by atoms with van der Waals surface area (Å²) in [5, 5.41) is 5.42. The first kappa shape index (κ1) is 43.6. The molecule has 0 saturated heterocycles. The molecule has 0 spiro atoms. The lowest BCUT2D eigenvalue weighted by Crippen LogP contribution is -2.29. The van der Waals surface area contributed by atoms with E-state index in [1.807, 2.05) is 48.0 Å². The first-order valence-electron chi connectivity index (χ1n) is 18.7. The Kier molecular flexibility index (Phi) is 13.5. The number of ether oxygens (including phenoxy) is 1. The summed E-state index contributed by atoms with van der Waals surface area (Å²) < 4.78 is 50.0. The van der Waals surface area contributed by atoms with Crippen LogP contribution in [0.1, 0.15) is 49.4 Å². The molecule has 0 aliphatic rings. The van der Waals surface area contributed by atoms with Gasteiger partial charge < -0.3 is 31.4 Å². The number of sulfonamides is 1. The van der Waals surface area contributed by atoms with Gasteiger partial charge in [0, 0.05) is 34.2 Å². The minimum atomic E-state index is -3.74. The number of carbonyl (C=O) groups is 3. The van der Waals surface area contributed by atoms with Crippen molar-refractivity contribution in [3.05, 3.63) is 138 Å². The van der Waals surface area contributed by atoms with Crippen LogP contribution < -0.4 is 31.6 Å². The molecular formula is C42H42N9O8PS. The highest BCUT2D eigenvalue weighted by atomic mass is 32.2. The van der Waals surface area contributed by atoms with Gasteiger partial charge in [-0.2, -0.15) is 0 Å². The second kappa shape index (κ2) is 18.9. The van der Waals surface area contributed by atoms with Crippen molar-refractivity contribution in [2.45, 2.75) is 20.3 Å². The molecule has 0 fully saturated rings. The molecule has 1 atom stereocenters. The molecule has 0 bridgehead atoms. The van der Waals surface area contributed by atoms with Crippen molar-refractivity contribution in [2.24, 2.45) is 0 Å². The molecule has 17 nitrogen and oxygen atoms in total. The molecule has 0 aliphatic carbocycles. The Morgan fingerprint density at radius 3 is 1.69 bits per heavy atom. The third kappa shape index (κ3) is 11.8. The third-order valence-electron chi connectivity index (χ3n) is 8.96. The zero-order chi connectivity index (χ0) is 43.7. The molecule has 19 heteroatoms. The first-order chi connectivity index (χ1) is 29.1. The van der Waals surface area contributed by atoms with E-state index in [4.69, 9.17) is 20.7 Å². The number of hydrogen-bond donors (Lipinski definition) is 5. The van der Waals surface area contributed by atoms with E-state index in [9.17, 15) is 27.4 Å². The fourth-order valence-corrected chi connectivity index (χ4v) is 8.00. The van der Waals surface area contributed by atoms with Gasteiger partial charge >= 0.3 is 0 Å². The van der Waals surface area contributed by atoms with Crippen LogP contribution in [0.5, 0.6) is 5.75 Å². The van der Waals surface area contributed by atoms with Crippen LogP contribution in [0.2, 0.25) is 0 Å². The second-order valence-electron chi connectivity index (χ2n) is 13.7. The first-order valence-corrected chi connectivity index (χ1v) is 22.6. The van der Waals surface area contributed by atoms with Crippen LogP contribution in [-0.2, 0) is 25.5 Å². The predicted octanol–water partition coefficient (Wildman–Crippen LogP) is 6.16. The lowest BCUT2D eigenvalue weighted by Gasteiger charge is -2.19. The van der Waals surface area contributed by atoms with Crippen LogP contribution in [0.3, 0.4) is 0 Å². The van der Waals surface area contributed by atoms with Gasteiger partial charge in [-0.3, -0.25) is 18.9 Å². The van der Waals surface area contributed by atoms with Gasteiger partial charge in [-0.1, -0.05) is 54.1 Å². The number of carbonyl (C=O) groups excluding carboxylic acids is 3. The van der Waals surface area contributed by atoms with E-state index in [1.165, 1.54) is 36.7 Å². The molecule has 3 amide bonds. The van der Waals surface area contributed by atoms with Crippen molar-refractivity contribution in [3.8, 4) is 28.3 Å². The maximum absolute atomic E-state index is 13.8. The Morgan fingerprint density at radius 1 is 0.705 bits per heavy atom. The Balaban J connectivity index is 1.03. The molecule has 1 unspecified atom stereocenters. The third-order valence-corrected chi connectivity index (χ3v) is 11.7. The summed E-state index contributed by atoms with van der Waals surface area (Å²) in [6, 6.07) is 27.1. The van der Waals surface area contributed by atoms with Gasteiger partial charge in [-0.25, -0.2) is 33.1 Å². The highest BCUT2D eigenvalue weighted by Gasteiger charge is 2.24. The predicted molar refractivity (Wildman–Crippen MR) is 233 cm³/mol. The van der Waals surface area contributed by atoms with Crippen LogP contribution in [0.25, 0.3) is 22.5 Å². The van der Waals surface area contributed by atoms with Crippen molar-refractivity contribution in [2.75, 3.05) is 47.5 Å². The summed E-state index contributed by atoms with van der Waals surface area (Å²) in [5.41, 5.74) is 17.0. The number of benzene rings is 4. The van der Waals surface area contributed by atoms with Crippen molar-refractivity contribution in [3.63, 3.8) is 0 Å². The molecule has 6 rings (SSSR count). The van der Waals surface area contributed by atoms with Crippen molar-refractivity contribution in [1.29, 1.82) is 0 Å². The SMILES string of the molecule is CCOP(=O)(CCc1ccc(-c2cnc(N)c(C(=O)Nc3ccc(C(=O)NS(C)(=O)=O)cc3)n2)cc1)COc1ccc(NC(=O)c2nc(-c3ccc(C)cc3)cnc2N)cc1. The lowest BCUT2D eigenvalue weighted by molar-refractivity contribution is 0.0979. The normalized spacial score (nSPS) is 12.2. The minimum Gasteiger partial charge on any atom is -0.484 e. The summed E-state index contributed by atoms with van der Waals surface area (Å²) in [7, 11) is -6.99. The zero-order valence-corrected chi connectivity index (χ0v) is 35.0. The number of rotatable bonds is 16. The number of nitrogens with zero attached hydrogens (tertiary/aromatic N) is 4. The number of aryl methyl sites for hydroxylation is 2. The summed E-state index contributed by atoms with van der Waals surface area (Å²) in [5.74, 6) is -1.66. The fraction of sp³-hybridized carbons (Fsp3) is 0.167. The van der Waals surface area contributed by atoms with Gasteiger partial charge in [0.2, 0.25) is 17.4 Å². The summed E-state index contributed by atoms with van der Waals surface area (Å²) in [4.78, 5) is 55.5. The number of nitrogens with one attached hydrogen (secondary N) is 3. The van der Waals surface area contributed by atoms with Gasteiger partial charge in [0.25, 0.3) is 17.7 Å². The van der Waals surface area contributed by atoms with E-state index in [0.29, 0.717) is 40.5 Å². The monoisotopic (exact) mass is 863 g/mol. The van der Waals surface area contributed by atoms with E-state index in [2.05, 4.69) is 30.6 Å². The lowest BCUT2D eigenvalue weighted by atomic mass is 10.1. The number of hydrogen-bond acceptors (Lipinski definition) is 14. The fourth-order valence-electron chi connectivity index (χ4n) is 5.80. The maximum atomic E-state index is 13.8. The Bertz CT molecular complexity index is 2720. The standard InChI is InChI=1S/C42H42N9O8PS/c1-4-59-60(55,25-58-33-19-17-32(18-20-33)48-42(54)37-39(44)45-23-34(49-37)28-9-5-26(2)6-10-28)22-21-27-7-11-29(12-8-27)35-24-46-38(43)36(50-35)41(53)47-31-15-13-30(14-16-31)40(52)51-61(3,56)57/h5-20,23-24H,4,21-22,25H2,1-3H3,(H2,43,46)(H2,44,45)(H,47,53)(H,48,54)(H,51,52). The Labute approximate surface area is 351 Å². The Hall–Kier alpha value is -7.01. The quantitative estimate of drug-likeness (QED) is 0.0683. The molecule has 61 heavy (non-hydrogen) atoms. The van der Waals surface area contributed by atoms with Crippen LogP contribution in [0.15, 0.2) is 109 Å². The van der Waals surface area contributed by atoms with Gasteiger partial charge in [0.15, 0.2) is 29.4 Å². The number of nitrogen functional groups attached to an aromatic ring is 2. The molecule has 7 N–H and O–H groups in total. The smallest absolute Gasteiger partial charge is 0.278 e. The number of amides is 3. The second-order valence-corrected chi connectivity index (χ2v) is 18.1. The van der Waals surface area contributed by atoms with Gasteiger partial charge in [-0.15, -0.1) is 0 Å².